The van der Waals surface area contributed by atoms with Crippen LogP contribution in [-0.4, -0.2) is 30.8 Å². The normalized spacial score (nSPS) is 22.2. The van der Waals surface area contributed by atoms with Crippen molar-refractivity contribution in [3.63, 3.8) is 0 Å². The zero-order valence-electron chi connectivity index (χ0n) is 11.4. The molecule has 20 heavy (non-hydrogen) atoms. The molecule has 3 nitrogen and oxygen atoms in total. The molecule has 0 radical (unpaired) electrons. The molecule has 2 aromatic rings. The van der Waals surface area contributed by atoms with Gasteiger partial charge in [0.1, 0.15) is 0 Å². The lowest BCUT2D eigenvalue weighted by Gasteiger charge is -2.13. The zero-order valence-corrected chi connectivity index (χ0v) is 12.2. The van der Waals surface area contributed by atoms with Crippen molar-refractivity contribution in [1.82, 2.24) is 10.6 Å². The first-order chi connectivity index (χ1) is 9.83. The van der Waals surface area contributed by atoms with Crippen molar-refractivity contribution in [2.45, 2.75) is 12.6 Å². The van der Waals surface area contributed by atoms with Gasteiger partial charge in [0.15, 0.2) is 0 Å². The quantitative estimate of drug-likeness (QED) is 0.789. The highest BCUT2D eigenvalue weighted by Crippen LogP contribution is 2.25. The molecule has 3 N–H and O–H groups in total. The molecule has 1 aromatic heterocycles. The minimum absolute atomic E-state index is 0.203. The number of aliphatic hydroxyl groups excluding tert-OH is 1. The summed E-state index contributed by atoms with van der Waals surface area (Å²) < 4.78 is 0. The van der Waals surface area contributed by atoms with Crippen LogP contribution in [0.3, 0.4) is 0 Å². The fourth-order valence-corrected chi connectivity index (χ4v) is 3.43. The molecule has 1 fully saturated rings. The second kappa shape index (κ2) is 6.50. The summed E-state index contributed by atoms with van der Waals surface area (Å²) in [5.74, 6) is 0.337. The summed E-state index contributed by atoms with van der Waals surface area (Å²) in [6.07, 6.45) is -0.203. The summed E-state index contributed by atoms with van der Waals surface area (Å²) in [7, 11) is 0. The van der Waals surface area contributed by atoms with Crippen molar-refractivity contribution in [3.8, 4) is 11.1 Å². The third kappa shape index (κ3) is 3.27. The Hall–Kier alpha value is -1.20. The largest absolute Gasteiger partial charge is 0.391 e. The minimum atomic E-state index is -0.203. The predicted molar refractivity (Wildman–Crippen MR) is 83.8 cm³/mol. The van der Waals surface area contributed by atoms with E-state index >= 15 is 0 Å². The van der Waals surface area contributed by atoms with E-state index in [0.29, 0.717) is 5.92 Å². The lowest BCUT2D eigenvalue weighted by atomic mass is 10.1. The van der Waals surface area contributed by atoms with Crippen LogP contribution in [0.2, 0.25) is 0 Å². The Morgan fingerprint density at radius 3 is 2.80 bits per heavy atom. The van der Waals surface area contributed by atoms with Crippen LogP contribution >= 0.6 is 11.3 Å². The molecule has 0 aliphatic carbocycles. The average Bonchev–Trinajstić information content (AvgIpc) is 3.10. The smallest absolute Gasteiger partial charge is 0.0716 e. The second-order valence-electron chi connectivity index (χ2n) is 5.28. The van der Waals surface area contributed by atoms with Gasteiger partial charge in [-0.1, -0.05) is 30.3 Å². The first-order valence-corrected chi connectivity index (χ1v) is 7.93. The van der Waals surface area contributed by atoms with E-state index in [1.165, 1.54) is 16.0 Å². The first kappa shape index (κ1) is 13.8. The molecule has 1 aliphatic rings. The molecule has 1 aromatic carbocycles. The van der Waals surface area contributed by atoms with Gasteiger partial charge in [-0.15, -0.1) is 11.3 Å². The summed E-state index contributed by atoms with van der Waals surface area (Å²) in [4.78, 5) is 1.34. The Morgan fingerprint density at radius 2 is 2.05 bits per heavy atom. The number of β-amino-alcohol motifs (C(OH)–C–C–N with tert-alkyl or cyclic N) is 1. The molecule has 0 saturated carbocycles. The van der Waals surface area contributed by atoms with Gasteiger partial charge < -0.3 is 15.7 Å². The van der Waals surface area contributed by atoms with Crippen LogP contribution in [0.15, 0.2) is 41.8 Å². The van der Waals surface area contributed by atoms with Gasteiger partial charge in [-0.05, 0) is 22.6 Å². The van der Waals surface area contributed by atoms with Gasteiger partial charge >= 0.3 is 0 Å². The molecule has 4 heteroatoms. The molecular formula is C16H20N2OS. The van der Waals surface area contributed by atoms with E-state index in [9.17, 15) is 5.11 Å². The van der Waals surface area contributed by atoms with Gasteiger partial charge in [-0.25, -0.2) is 0 Å². The molecule has 2 atom stereocenters. The van der Waals surface area contributed by atoms with E-state index in [1.54, 1.807) is 11.3 Å². The first-order valence-electron chi connectivity index (χ1n) is 7.05. The number of hydrogen-bond donors (Lipinski definition) is 3. The molecule has 0 bridgehead atoms. The molecule has 106 valence electrons. The van der Waals surface area contributed by atoms with Crippen LogP contribution in [0.1, 0.15) is 4.88 Å². The van der Waals surface area contributed by atoms with Gasteiger partial charge in [0, 0.05) is 37.0 Å². The molecule has 0 amide bonds. The van der Waals surface area contributed by atoms with Gasteiger partial charge in [-0.2, -0.15) is 0 Å². The van der Waals surface area contributed by atoms with Crippen LogP contribution in [-0.2, 0) is 6.54 Å². The van der Waals surface area contributed by atoms with Crippen LogP contribution in [0.25, 0.3) is 11.1 Å². The van der Waals surface area contributed by atoms with Crippen molar-refractivity contribution in [1.29, 1.82) is 0 Å². The predicted octanol–water partition coefficient (Wildman–Crippen LogP) is 2.08. The maximum atomic E-state index is 9.74. The zero-order chi connectivity index (χ0) is 13.8. The molecule has 2 unspecified atom stereocenters. The van der Waals surface area contributed by atoms with Gasteiger partial charge in [0.05, 0.1) is 6.10 Å². The van der Waals surface area contributed by atoms with E-state index < -0.39 is 0 Å². The number of nitrogens with one attached hydrogen (secondary N) is 2. The van der Waals surface area contributed by atoms with Gasteiger partial charge in [-0.3, -0.25) is 0 Å². The molecule has 2 heterocycles. The van der Waals surface area contributed by atoms with Crippen molar-refractivity contribution >= 4 is 11.3 Å². The highest BCUT2D eigenvalue weighted by atomic mass is 32.1. The molecule has 0 spiro atoms. The Bertz CT molecular complexity index is 540. The highest BCUT2D eigenvalue weighted by molar-refractivity contribution is 7.10. The third-order valence-corrected chi connectivity index (χ3v) is 4.71. The van der Waals surface area contributed by atoms with E-state index in [0.717, 1.165) is 26.2 Å². The molecule has 3 rings (SSSR count). The monoisotopic (exact) mass is 288 g/mol. The van der Waals surface area contributed by atoms with Crippen molar-refractivity contribution in [3.05, 3.63) is 46.7 Å². The van der Waals surface area contributed by atoms with Crippen LogP contribution in [0.4, 0.5) is 0 Å². The Labute approximate surface area is 123 Å². The Kier molecular flexibility index (Phi) is 4.47. The van der Waals surface area contributed by atoms with Gasteiger partial charge in [0.2, 0.25) is 0 Å². The summed E-state index contributed by atoms with van der Waals surface area (Å²) in [6, 6.07) is 12.7. The fourth-order valence-electron chi connectivity index (χ4n) is 2.56. The minimum Gasteiger partial charge on any atom is -0.391 e. The summed E-state index contributed by atoms with van der Waals surface area (Å²) in [6.45, 7) is 3.38. The van der Waals surface area contributed by atoms with Crippen LogP contribution in [0.5, 0.6) is 0 Å². The fraction of sp³-hybridized carbons (Fsp3) is 0.375. The highest BCUT2D eigenvalue weighted by Gasteiger charge is 2.23. The number of thiophene rings is 1. The average molecular weight is 288 g/mol. The SMILES string of the molecule is OC1CNCC1CNCc1cc(-c2ccccc2)cs1. The van der Waals surface area contributed by atoms with Gasteiger partial charge in [0.25, 0.3) is 0 Å². The molecular weight excluding hydrogens is 268 g/mol. The van der Waals surface area contributed by atoms with E-state index in [2.05, 4.69) is 46.3 Å². The third-order valence-electron chi connectivity index (χ3n) is 3.77. The van der Waals surface area contributed by atoms with Crippen molar-refractivity contribution in [2.75, 3.05) is 19.6 Å². The van der Waals surface area contributed by atoms with Crippen LogP contribution in [0, 0.1) is 5.92 Å². The number of hydrogen-bond acceptors (Lipinski definition) is 4. The summed E-state index contributed by atoms with van der Waals surface area (Å²) in [5, 5.41) is 18.6. The number of benzene rings is 1. The topological polar surface area (TPSA) is 44.3 Å². The number of aliphatic hydroxyl groups is 1. The Morgan fingerprint density at radius 1 is 1.20 bits per heavy atom. The van der Waals surface area contributed by atoms with E-state index in [1.807, 2.05) is 6.07 Å². The second-order valence-corrected chi connectivity index (χ2v) is 6.28. The lowest BCUT2D eigenvalue weighted by Crippen LogP contribution is -2.29. The van der Waals surface area contributed by atoms with Crippen LogP contribution < -0.4 is 10.6 Å². The van der Waals surface area contributed by atoms with Crippen molar-refractivity contribution < 1.29 is 5.11 Å². The number of rotatable bonds is 5. The van der Waals surface area contributed by atoms with E-state index in [4.69, 9.17) is 0 Å². The maximum absolute atomic E-state index is 9.74. The lowest BCUT2D eigenvalue weighted by molar-refractivity contribution is 0.146. The van der Waals surface area contributed by atoms with Crippen molar-refractivity contribution in [2.24, 2.45) is 5.92 Å². The maximum Gasteiger partial charge on any atom is 0.0716 e. The molecule has 1 saturated heterocycles. The standard InChI is InChI=1S/C16H20N2OS/c19-16-10-18-8-14(16)7-17-9-15-6-13(11-20-15)12-4-2-1-3-5-12/h1-6,11,14,16-19H,7-10H2. The van der Waals surface area contributed by atoms with E-state index in [-0.39, 0.29) is 6.10 Å². The summed E-state index contributed by atoms with van der Waals surface area (Å²) >= 11 is 1.79. The Balaban J connectivity index is 1.53. The summed E-state index contributed by atoms with van der Waals surface area (Å²) in [5.41, 5.74) is 2.56. The molecule has 1 aliphatic heterocycles.